The summed E-state index contributed by atoms with van der Waals surface area (Å²) in [5.74, 6) is -1.47. The van der Waals surface area contributed by atoms with Crippen LogP contribution in [0.1, 0.15) is 32.6 Å². The predicted octanol–water partition coefficient (Wildman–Crippen LogP) is 3.04. The lowest BCUT2D eigenvalue weighted by atomic mass is 10.2. The Morgan fingerprint density at radius 1 is 1.26 bits per heavy atom. The van der Waals surface area contributed by atoms with Gasteiger partial charge < -0.3 is 19.9 Å². The fraction of sp³-hybridized carbons (Fsp3) is 0.318. The van der Waals surface area contributed by atoms with Crippen molar-refractivity contribution in [2.24, 2.45) is 0 Å². The quantitative estimate of drug-likeness (QED) is 0.462. The molecule has 2 aromatic heterocycles. The number of amides is 1. The van der Waals surface area contributed by atoms with Crippen LogP contribution in [0, 0.1) is 6.92 Å². The number of morpholine rings is 1. The van der Waals surface area contributed by atoms with Gasteiger partial charge in [0, 0.05) is 30.9 Å². The van der Waals surface area contributed by atoms with Gasteiger partial charge in [0.25, 0.3) is 5.91 Å². The standard InChI is InChI=1S/C22H24N4O7S2/c1-3-26-21(14(2)19(24-26)22(28)29)33-16-7-6-15(23-20(27)17-5-4-12-34-17)13-18(16)35(30,31)25-8-10-32-11-9-25/h4-7,12-13H,3,8-11H2,1-2H3,(H,23,27)(H,28,29). The van der Waals surface area contributed by atoms with Crippen LogP contribution in [0.4, 0.5) is 5.69 Å². The largest absolute Gasteiger partial charge is 0.476 e. The van der Waals surface area contributed by atoms with Crippen molar-refractivity contribution in [3.05, 3.63) is 51.8 Å². The lowest BCUT2D eigenvalue weighted by Crippen LogP contribution is -2.40. The summed E-state index contributed by atoms with van der Waals surface area (Å²) in [6.07, 6.45) is 0. The molecular weight excluding hydrogens is 496 g/mol. The maximum absolute atomic E-state index is 13.6. The van der Waals surface area contributed by atoms with Crippen molar-refractivity contribution in [1.82, 2.24) is 14.1 Å². The molecule has 0 unspecified atom stereocenters. The molecule has 1 aliphatic heterocycles. The third kappa shape index (κ3) is 5.07. The maximum Gasteiger partial charge on any atom is 0.356 e. The first-order valence-corrected chi connectivity index (χ1v) is 13.1. The lowest BCUT2D eigenvalue weighted by Gasteiger charge is -2.27. The highest BCUT2D eigenvalue weighted by atomic mass is 32.2. The van der Waals surface area contributed by atoms with Crippen molar-refractivity contribution >= 4 is 38.9 Å². The number of carbonyl (C=O) groups excluding carboxylic acids is 1. The number of aryl methyl sites for hydroxylation is 1. The van der Waals surface area contributed by atoms with Gasteiger partial charge in [-0.15, -0.1) is 11.3 Å². The number of ether oxygens (including phenoxy) is 2. The Morgan fingerprint density at radius 2 is 2.00 bits per heavy atom. The van der Waals surface area contributed by atoms with E-state index in [9.17, 15) is 23.1 Å². The fourth-order valence-electron chi connectivity index (χ4n) is 3.59. The van der Waals surface area contributed by atoms with Crippen LogP contribution >= 0.6 is 11.3 Å². The van der Waals surface area contributed by atoms with E-state index in [1.165, 1.54) is 38.5 Å². The molecule has 1 saturated heterocycles. The number of aromatic carboxylic acids is 1. The van der Waals surface area contributed by atoms with Gasteiger partial charge in [-0.25, -0.2) is 17.9 Å². The summed E-state index contributed by atoms with van der Waals surface area (Å²) in [6, 6.07) is 7.71. The third-order valence-corrected chi connectivity index (χ3v) is 8.16. The normalized spacial score (nSPS) is 14.6. The average Bonchev–Trinajstić information content (AvgIpc) is 3.49. The van der Waals surface area contributed by atoms with Crippen LogP contribution in [0.15, 0.2) is 40.6 Å². The number of aromatic nitrogens is 2. The molecule has 13 heteroatoms. The van der Waals surface area contributed by atoms with Crippen LogP contribution in [0.2, 0.25) is 0 Å². The molecule has 2 N–H and O–H groups in total. The Morgan fingerprint density at radius 3 is 2.63 bits per heavy atom. The Balaban J connectivity index is 1.76. The molecule has 3 heterocycles. The summed E-state index contributed by atoms with van der Waals surface area (Å²) < 4.78 is 41.1. The highest BCUT2D eigenvalue weighted by Gasteiger charge is 2.31. The van der Waals surface area contributed by atoms with Crippen molar-refractivity contribution in [3.63, 3.8) is 0 Å². The summed E-state index contributed by atoms with van der Waals surface area (Å²) in [4.78, 5) is 24.4. The van der Waals surface area contributed by atoms with Gasteiger partial charge in [-0.3, -0.25) is 4.79 Å². The Kier molecular flexibility index (Phi) is 7.21. The molecule has 0 bridgehead atoms. The van der Waals surface area contributed by atoms with E-state index in [2.05, 4.69) is 10.4 Å². The first-order valence-electron chi connectivity index (χ1n) is 10.8. The molecule has 11 nitrogen and oxygen atoms in total. The molecule has 35 heavy (non-hydrogen) atoms. The van der Waals surface area contributed by atoms with E-state index in [1.807, 2.05) is 0 Å². The second-order valence-corrected chi connectivity index (χ2v) is 10.5. The molecule has 0 aliphatic carbocycles. The molecule has 0 saturated carbocycles. The topological polar surface area (TPSA) is 140 Å². The number of benzene rings is 1. The van der Waals surface area contributed by atoms with Gasteiger partial charge in [0.05, 0.1) is 18.1 Å². The fourth-order valence-corrected chi connectivity index (χ4v) is 5.75. The van der Waals surface area contributed by atoms with Crippen LogP contribution in [0.25, 0.3) is 0 Å². The molecule has 0 atom stereocenters. The molecule has 1 amide bonds. The van der Waals surface area contributed by atoms with E-state index in [0.717, 1.165) is 0 Å². The van der Waals surface area contributed by atoms with Gasteiger partial charge in [0.2, 0.25) is 15.9 Å². The lowest BCUT2D eigenvalue weighted by molar-refractivity contribution is 0.0688. The molecule has 3 aromatic rings. The molecule has 1 aliphatic rings. The number of nitrogens with zero attached hydrogens (tertiary/aromatic N) is 3. The van der Waals surface area contributed by atoms with Crippen LogP contribution in [0.3, 0.4) is 0 Å². The van der Waals surface area contributed by atoms with E-state index in [-0.39, 0.29) is 65.7 Å². The minimum absolute atomic E-state index is 0.0137. The van der Waals surface area contributed by atoms with Gasteiger partial charge in [0.15, 0.2) is 5.69 Å². The molecular formula is C22H24N4O7S2. The number of hydrogen-bond acceptors (Lipinski definition) is 8. The zero-order valence-electron chi connectivity index (χ0n) is 19.1. The van der Waals surface area contributed by atoms with E-state index < -0.39 is 16.0 Å². The Labute approximate surface area is 205 Å². The number of rotatable bonds is 8. The predicted molar refractivity (Wildman–Crippen MR) is 128 cm³/mol. The molecule has 0 spiro atoms. The minimum atomic E-state index is -4.03. The van der Waals surface area contributed by atoms with Gasteiger partial charge in [-0.05, 0) is 43.5 Å². The van der Waals surface area contributed by atoms with E-state index >= 15 is 0 Å². The minimum Gasteiger partial charge on any atom is -0.476 e. The number of thiophene rings is 1. The summed E-state index contributed by atoms with van der Waals surface area (Å²) in [7, 11) is -4.03. The summed E-state index contributed by atoms with van der Waals surface area (Å²) >= 11 is 1.26. The molecule has 186 valence electrons. The number of sulfonamides is 1. The molecule has 4 rings (SSSR count). The van der Waals surface area contributed by atoms with Crippen molar-refractivity contribution in [2.75, 3.05) is 31.6 Å². The summed E-state index contributed by atoms with van der Waals surface area (Å²) in [6.45, 7) is 4.47. The van der Waals surface area contributed by atoms with Crippen LogP contribution in [0.5, 0.6) is 11.6 Å². The Hall–Kier alpha value is -3.26. The van der Waals surface area contributed by atoms with Crippen molar-refractivity contribution in [3.8, 4) is 11.6 Å². The second-order valence-electron chi connectivity index (χ2n) is 7.61. The number of nitrogens with one attached hydrogen (secondary N) is 1. The first kappa shape index (κ1) is 24.9. The van der Waals surface area contributed by atoms with E-state index in [1.54, 1.807) is 31.4 Å². The van der Waals surface area contributed by atoms with Crippen molar-refractivity contribution in [1.29, 1.82) is 0 Å². The zero-order chi connectivity index (χ0) is 25.2. The van der Waals surface area contributed by atoms with E-state index in [0.29, 0.717) is 11.4 Å². The SMILES string of the molecule is CCn1nc(C(=O)O)c(C)c1Oc1ccc(NC(=O)c2cccs2)cc1S(=O)(=O)N1CCOCC1. The molecule has 0 radical (unpaired) electrons. The highest BCUT2D eigenvalue weighted by Crippen LogP contribution is 2.35. The third-order valence-electron chi connectivity index (χ3n) is 5.37. The monoisotopic (exact) mass is 520 g/mol. The average molecular weight is 521 g/mol. The van der Waals surface area contributed by atoms with Crippen LogP contribution in [-0.2, 0) is 21.3 Å². The number of carbonyl (C=O) groups is 2. The maximum atomic E-state index is 13.6. The number of hydrogen-bond donors (Lipinski definition) is 2. The van der Waals surface area contributed by atoms with Crippen LogP contribution in [-0.4, -0.2) is 65.8 Å². The van der Waals surface area contributed by atoms with E-state index in [4.69, 9.17) is 9.47 Å². The highest BCUT2D eigenvalue weighted by molar-refractivity contribution is 7.89. The molecule has 1 fully saturated rings. The zero-order valence-corrected chi connectivity index (χ0v) is 20.7. The smallest absolute Gasteiger partial charge is 0.356 e. The van der Waals surface area contributed by atoms with Gasteiger partial charge in [0.1, 0.15) is 10.6 Å². The van der Waals surface area contributed by atoms with Crippen LogP contribution < -0.4 is 10.1 Å². The second kappa shape index (κ2) is 10.2. The van der Waals surface area contributed by atoms with Gasteiger partial charge in [-0.1, -0.05) is 6.07 Å². The number of carboxylic acids is 1. The number of anilines is 1. The Bertz CT molecular complexity index is 1340. The molecule has 1 aromatic carbocycles. The summed E-state index contributed by atoms with van der Waals surface area (Å²) in [5, 5.41) is 18.0. The summed E-state index contributed by atoms with van der Waals surface area (Å²) in [5.41, 5.74) is 0.359. The van der Waals surface area contributed by atoms with Gasteiger partial charge >= 0.3 is 5.97 Å². The number of carboxylic acid groups (broad SMARTS) is 1. The van der Waals surface area contributed by atoms with Gasteiger partial charge in [-0.2, -0.15) is 9.40 Å². The first-order chi connectivity index (χ1) is 16.7. The van der Waals surface area contributed by atoms with Crippen molar-refractivity contribution in [2.45, 2.75) is 25.3 Å². The van der Waals surface area contributed by atoms with Crippen molar-refractivity contribution < 1.29 is 32.6 Å².